The summed E-state index contributed by atoms with van der Waals surface area (Å²) in [5, 5.41) is 8.23. The van der Waals surface area contributed by atoms with Crippen LogP contribution < -0.4 is 5.32 Å². The topological polar surface area (TPSA) is 46.9 Å². The number of carbonyl (C=O) groups excluding carboxylic acids is 1. The molecule has 0 saturated heterocycles. The molecule has 1 aromatic heterocycles. The lowest BCUT2D eigenvalue weighted by Crippen LogP contribution is -2.34. The average Bonchev–Trinajstić information content (AvgIpc) is 2.67. The van der Waals surface area contributed by atoms with E-state index in [-0.39, 0.29) is 11.3 Å². The van der Waals surface area contributed by atoms with Crippen LogP contribution in [0.15, 0.2) is 6.20 Å². The number of hydrogen-bond donors (Lipinski definition) is 1. The molecule has 0 radical (unpaired) electrons. The first-order chi connectivity index (χ1) is 8.39. The van der Waals surface area contributed by atoms with Crippen molar-refractivity contribution in [1.82, 2.24) is 15.1 Å². The molecule has 1 N–H and O–H groups in total. The van der Waals surface area contributed by atoms with Crippen molar-refractivity contribution in [2.45, 2.75) is 33.6 Å². The van der Waals surface area contributed by atoms with Crippen molar-refractivity contribution in [2.24, 2.45) is 12.5 Å². The third-order valence-electron chi connectivity index (χ3n) is 2.98. The Morgan fingerprint density at radius 1 is 1.56 bits per heavy atom. The number of amides is 1. The Bertz CT molecular complexity index is 412. The Morgan fingerprint density at radius 3 is 2.78 bits per heavy atom. The van der Waals surface area contributed by atoms with Gasteiger partial charge in [0.05, 0.1) is 11.3 Å². The van der Waals surface area contributed by atoms with E-state index in [0.29, 0.717) is 12.1 Å². The minimum atomic E-state index is -0.0254. The molecule has 0 atom stereocenters. The number of halogens is 1. The van der Waals surface area contributed by atoms with Crippen LogP contribution >= 0.6 is 15.9 Å². The third-order valence-corrected chi connectivity index (χ3v) is 3.38. The van der Waals surface area contributed by atoms with Gasteiger partial charge in [-0.25, -0.2) is 0 Å². The van der Waals surface area contributed by atoms with E-state index in [9.17, 15) is 4.79 Å². The van der Waals surface area contributed by atoms with Crippen LogP contribution in [0.5, 0.6) is 0 Å². The Labute approximate surface area is 117 Å². The second-order valence-electron chi connectivity index (χ2n) is 5.30. The molecule has 0 aromatic carbocycles. The van der Waals surface area contributed by atoms with Gasteiger partial charge in [0.1, 0.15) is 0 Å². The smallest absolute Gasteiger partial charge is 0.254 e. The van der Waals surface area contributed by atoms with Gasteiger partial charge in [-0.05, 0) is 18.3 Å². The van der Waals surface area contributed by atoms with Crippen LogP contribution in [0.25, 0.3) is 0 Å². The zero-order chi connectivity index (χ0) is 13.8. The number of hydrogen-bond acceptors (Lipinski definition) is 2. The van der Waals surface area contributed by atoms with Crippen molar-refractivity contribution in [2.75, 3.05) is 11.9 Å². The van der Waals surface area contributed by atoms with Crippen molar-refractivity contribution in [1.29, 1.82) is 0 Å². The van der Waals surface area contributed by atoms with Crippen LogP contribution in [0.1, 0.15) is 43.2 Å². The molecule has 0 unspecified atom stereocenters. The van der Waals surface area contributed by atoms with Crippen LogP contribution in [0.2, 0.25) is 0 Å². The summed E-state index contributed by atoms with van der Waals surface area (Å²) in [4.78, 5) is 12.1. The van der Waals surface area contributed by atoms with E-state index in [1.165, 1.54) is 0 Å². The normalized spacial score (nSPS) is 11.6. The molecule has 102 valence electrons. The van der Waals surface area contributed by atoms with Crippen LogP contribution in [-0.2, 0) is 13.5 Å². The predicted molar refractivity (Wildman–Crippen MR) is 77.1 cm³/mol. The minimum Gasteiger partial charge on any atom is -0.351 e. The van der Waals surface area contributed by atoms with Gasteiger partial charge in [0.2, 0.25) is 0 Å². The van der Waals surface area contributed by atoms with Gasteiger partial charge in [0, 0.05) is 25.1 Å². The van der Waals surface area contributed by atoms with Gasteiger partial charge in [-0.1, -0.05) is 36.7 Å². The molecule has 0 saturated carbocycles. The summed E-state index contributed by atoms with van der Waals surface area (Å²) in [7, 11) is 1.84. The molecule has 0 spiro atoms. The lowest BCUT2D eigenvalue weighted by Gasteiger charge is -2.23. The molecule has 0 aliphatic carbocycles. The van der Waals surface area contributed by atoms with E-state index < -0.39 is 0 Å². The summed E-state index contributed by atoms with van der Waals surface area (Å²) in [6.07, 6.45) is 3.58. The van der Waals surface area contributed by atoms with Crippen LogP contribution in [0.4, 0.5) is 0 Å². The third kappa shape index (κ3) is 4.12. The fourth-order valence-corrected chi connectivity index (χ4v) is 2.82. The molecule has 5 heteroatoms. The van der Waals surface area contributed by atoms with E-state index in [2.05, 4.69) is 40.2 Å². The minimum absolute atomic E-state index is 0.0254. The zero-order valence-electron chi connectivity index (χ0n) is 11.6. The van der Waals surface area contributed by atoms with E-state index in [1.54, 1.807) is 10.9 Å². The summed E-state index contributed by atoms with van der Waals surface area (Å²) in [6, 6.07) is 0. The SMILES string of the molecule is CCc1nn(C)cc1C(=O)NCC(C)(C)CCBr. The number of carbonyl (C=O) groups is 1. The van der Waals surface area contributed by atoms with Gasteiger partial charge in [-0.3, -0.25) is 9.48 Å². The molecule has 1 rings (SSSR count). The molecule has 0 bridgehead atoms. The highest BCUT2D eigenvalue weighted by Gasteiger charge is 2.20. The van der Waals surface area contributed by atoms with E-state index in [4.69, 9.17) is 0 Å². The van der Waals surface area contributed by atoms with Crippen molar-refractivity contribution in [3.63, 3.8) is 0 Å². The monoisotopic (exact) mass is 315 g/mol. The first-order valence-electron chi connectivity index (χ1n) is 6.26. The zero-order valence-corrected chi connectivity index (χ0v) is 13.2. The fourth-order valence-electron chi connectivity index (χ4n) is 1.74. The highest BCUT2D eigenvalue weighted by atomic mass is 79.9. The summed E-state index contributed by atoms with van der Waals surface area (Å²) >= 11 is 3.44. The number of nitrogens with one attached hydrogen (secondary N) is 1. The van der Waals surface area contributed by atoms with Crippen molar-refractivity contribution < 1.29 is 4.79 Å². The number of alkyl halides is 1. The van der Waals surface area contributed by atoms with Gasteiger partial charge in [-0.15, -0.1) is 0 Å². The van der Waals surface area contributed by atoms with Gasteiger partial charge in [-0.2, -0.15) is 5.10 Å². The standard InChI is InChI=1S/C13H22BrN3O/c1-5-11-10(8-17(4)16-11)12(18)15-9-13(2,3)6-7-14/h8H,5-7,9H2,1-4H3,(H,15,18). The Kier molecular flexibility index (Phi) is 5.38. The summed E-state index contributed by atoms with van der Waals surface area (Å²) in [5.74, 6) is -0.0254. The van der Waals surface area contributed by atoms with Gasteiger partial charge in [0.15, 0.2) is 0 Å². The molecule has 4 nitrogen and oxygen atoms in total. The van der Waals surface area contributed by atoms with Gasteiger partial charge in [0.25, 0.3) is 5.91 Å². The predicted octanol–water partition coefficient (Wildman–Crippen LogP) is 2.52. The highest BCUT2D eigenvalue weighted by Crippen LogP contribution is 2.20. The van der Waals surface area contributed by atoms with Crippen molar-refractivity contribution in [3.8, 4) is 0 Å². The molecular formula is C13H22BrN3O. The molecular weight excluding hydrogens is 294 g/mol. The fraction of sp³-hybridized carbons (Fsp3) is 0.692. The Hall–Kier alpha value is -0.840. The first-order valence-corrected chi connectivity index (χ1v) is 7.38. The van der Waals surface area contributed by atoms with Crippen molar-refractivity contribution in [3.05, 3.63) is 17.5 Å². The second kappa shape index (κ2) is 6.36. The Balaban J connectivity index is 2.65. The van der Waals surface area contributed by atoms with E-state index >= 15 is 0 Å². The molecule has 0 aliphatic rings. The summed E-state index contributed by atoms with van der Waals surface area (Å²) < 4.78 is 1.69. The maximum atomic E-state index is 12.1. The largest absolute Gasteiger partial charge is 0.351 e. The molecule has 1 heterocycles. The molecule has 1 amide bonds. The second-order valence-corrected chi connectivity index (χ2v) is 6.10. The summed E-state index contributed by atoms with van der Waals surface area (Å²) in [6.45, 7) is 6.99. The van der Waals surface area contributed by atoms with Crippen LogP contribution in [-0.4, -0.2) is 27.6 Å². The quantitative estimate of drug-likeness (QED) is 0.820. The molecule has 18 heavy (non-hydrogen) atoms. The first kappa shape index (κ1) is 15.2. The highest BCUT2D eigenvalue weighted by molar-refractivity contribution is 9.09. The van der Waals surface area contributed by atoms with Gasteiger partial charge >= 0.3 is 0 Å². The molecule has 1 aromatic rings. The lowest BCUT2D eigenvalue weighted by molar-refractivity contribution is 0.0935. The average molecular weight is 316 g/mol. The Morgan fingerprint density at radius 2 is 2.22 bits per heavy atom. The van der Waals surface area contributed by atoms with Crippen molar-refractivity contribution >= 4 is 21.8 Å². The lowest BCUT2D eigenvalue weighted by atomic mass is 9.90. The maximum Gasteiger partial charge on any atom is 0.254 e. The van der Waals surface area contributed by atoms with Crippen LogP contribution in [0, 0.1) is 5.41 Å². The maximum absolute atomic E-state index is 12.1. The van der Waals surface area contributed by atoms with Crippen LogP contribution in [0.3, 0.4) is 0 Å². The van der Waals surface area contributed by atoms with Gasteiger partial charge < -0.3 is 5.32 Å². The number of aryl methyl sites for hydroxylation is 2. The van der Waals surface area contributed by atoms with E-state index in [0.717, 1.165) is 23.9 Å². The number of rotatable bonds is 6. The molecule has 0 aliphatic heterocycles. The molecule has 0 fully saturated rings. The number of nitrogens with zero attached hydrogens (tertiary/aromatic N) is 2. The summed E-state index contributed by atoms with van der Waals surface area (Å²) in [5.41, 5.74) is 1.65. The number of aromatic nitrogens is 2. The van der Waals surface area contributed by atoms with E-state index in [1.807, 2.05) is 14.0 Å².